The summed E-state index contributed by atoms with van der Waals surface area (Å²) in [5.74, 6) is 0.482. The van der Waals surface area contributed by atoms with Crippen LogP contribution in [-0.4, -0.2) is 37.7 Å². The Labute approximate surface area is 101 Å². The summed E-state index contributed by atoms with van der Waals surface area (Å²) >= 11 is 0. The Kier molecular flexibility index (Phi) is 3.99. The summed E-state index contributed by atoms with van der Waals surface area (Å²) in [6.45, 7) is 0.785. The van der Waals surface area contributed by atoms with Crippen molar-refractivity contribution in [1.82, 2.24) is 5.32 Å². The molecule has 0 bridgehead atoms. The molecule has 0 spiro atoms. The van der Waals surface area contributed by atoms with Crippen LogP contribution < -0.4 is 5.32 Å². The predicted octanol–water partition coefficient (Wildman–Crippen LogP) is 0.623. The van der Waals surface area contributed by atoms with E-state index in [1.807, 2.05) is 0 Å². The lowest BCUT2D eigenvalue weighted by Crippen LogP contribution is -2.30. The highest BCUT2D eigenvalue weighted by atomic mass is 16.6. The summed E-state index contributed by atoms with van der Waals surface area (Å²) in [5.41, 5.74) is 0. The summed E-state index contributed by atoms with van der Waals surface area (Å²) in [7, 11) is 1.38. The molecule has 1 heterocycles. The molecule has 1 amide bonds. The van der Waals surface area contributed by atoms with E-state index >= 15 is 0 Å². The Morgan fingerprint density at radius 2 is 2.18 bits per heavy atom. The molecule has 1 aliphatic heterocycles. The fraction of sp³-hybridized carbons (Fsp3) is 0.833. The van der Waals surface area contributed by atoms with E-state index < -0.39 is 0 Å². The molecule has 0 aromatic carbocycles. The van der Waals surface area contributed by atoms with Crippen LogP contribution in [-0.2, 0) is 19.1 Å². The highest BCUT2D eigenvalue weighted by molar-refractivity contribution is 5.83. The lowest BCUT2D eigenvalue weighted by molar-refractivity contribution is -0.140. The number of nitrogens with one attached hydrogen (secondary N) is 1. The maximum Gasteiger partial charge on any atom is 0.305 e. The fourth-order valence-electron chi connectivity index (χ4n) is 1.81. The average molecular weight is 241 g/mol. The SMILES string of the molecule is COC(=O)CCCC1OC1C(=O)NCC1CC1. The molecular weight excluding hydrogens is 222 g/mol. The average Bonchev–Trinajstić information content (AvgIpc) is 3.20. The van der Waals surface area contributed by atoms with Crippen molar-refractivity contribution >= 4 is 11.9 Å². The third kappa shape index (κ3) is 4.00. The van der Waals surface area contributed by atoms with Crippen molar-refractivity contribution < 1.29 is 19.1 Å². The second-order valence-electron chi connectivity index (χ2n) is 4.75. The van der Waals surface area contributed by atoms with Crippen molar-refractivity contribution in [2.24, 2.45) is 5.92 Å². The largest absolute Gasteiger partial charge is 0.469 e. The second kappa shape index (κ2) is 5.49. The number of methoxy groups -OCH3 is 1. The molecule has 1 saturated heterocycles. The Morgan fingerprint density at radius 3 is 2.82 bits per heavy atom. The zero-order valence-corrected chi connectivity index (χ0v) is 10.1. The maximum absolute atomic E-state index is 11.6. The first kappa shape index (κ1) is 12.4. The quantitative estimate of drug-likeness (QED) is 0.524. The van der Waals surface area contributed by atoms with Crippen molar-refractivity contribution in [1.29, 1.82) is 0 Å². The van der Waals surface area contributed by atoms with Gasteiger partial charge in [-0.2, -0.15) is 0 Å². The van der Waals surface area contributed by atoms with Gasteiger partial charge in [-0.05, 0) is 31.6 Å². The molecule has 0 aromatic heterocycles. The number of hydrogen-bond acceptors (Lipinski definition) is 4. The van der Waals surface area contributed by atoms with Crippen molar-refractivity contribution in [2.75, 3.05) is 13.7 Å². The van der Waals surface area contributed by atoms with E-state index in [4.69, 9.17) is 4.74 Å². The van der Waals surface area contributed by atoms with Gasteiger partial charge in [-0.1, -0.05) is 0 Å². The molecule has 0 aromatic rings. The lowest BCUT2D eigenvalue weighted by atomic mass is 10.1. The third-order valence-corrected chi connectivity index (χ3v) is 3.20. The zero-order chi connectivity index (χ0) is 12.3. The van der Waals surface area contributed by atoms with Gasteiger partial charge in [0.2, 0.25) is 0 Å². The van der Waals surface area contributed by atoms with Gasteiger partial charge in [-0.15, -0.1) is 0 Å². The van der Waals surface area contributed by atoms with E-state index in [-0.39, 0.29) is 24.1 Å². The molecule has 1 aliphatic carbocycles. The summed E-state index contributed by atoms with van der Waals surface area (Å²) < 4.78 is 9.82. The molecule has 2 atom stereocenters. The maximum atomic E-state index is 11.6. The number of rotatable bonds is 7. The molecule has 5 nitrogen and oxygen atoms in total. The zero-order valence-electron chi connectivity index (χ0n) is 10.1. The minimum Gasteiger partial charge on any atom is -0.469 e. The minimum absolute atomic E-state index is 0.0000296. The van der Waals surface area contributed by atoms with Gasteiger partial charge in [0, 0.05) is 13.0 Å². The molecule has 96 valence electrons. The number of amides is 1. The molecule has 5 heteroatoms. The standard InChI is InChI=1S/C12H19NO4/c1-16-10(14)4-2-3-9-11(17-9)12(15)13-7-8-5-6-8/h8-9,11H,2-7H2,1H3,(H,13,15). The number of esters is 1. The third-order valence-electron chi connectivity index (χ3n) is 3.20. The molecule has 2 fully saturated rings. The molecule has 1 saturated carbocycles. The molecule has 2 unspecified atom stereocenters. The van der Waals surface area contributed by atoms with Crippen LogP contribution in [0.15, 0.2) is 0 Å². The van der Waals surface area contributed by atoms with Crippen LogP contribution in [0.1, 0.15) is 32.1 Å². The summed E-state index contributed by atoms with van der Waals surface area (Å²) in [4.78, 5) is 22.4. The fourth-order valence-corrected chi connectivity index (χ4v) is 1.81. The first-order chi connectivity index (χ1) is 8.20. The summed E-state index contributed by atoms with van der Waals surface area (Å²) in [6, 6.07) is 0. The van der Waals surface area contributed by atoms with Gasteiger partial charge in [0.1, 0.15) is 0 Å². The van der Waals surface area contributed by atoms with E-state index in [1.165, 1.54) is 20.0 Å². The highest BCUT2D eigenvalue weighted by Crippen LogP contribution is 2.29. The van der Waals surface area contributed by atoms with Crippen molar-refractivity contribution in [3.05, 3.63) is 0 Å². The van der Waals surface area contributed by atoms with Gasteiger partial charge in [0.05, 0.1) is 13.2 Å². The van der Waals surface area contributed by atoms with Gasteiger partial charge in [-0.25, -0.2) is 0 Å². The topological polar surface area (TPSA) is 67.9 Å². The summed E-state index contributed by atoms with van der Waals surface area (Å²) in [5, 5.41) is 2.89. The second-order valence-corrected chi connectivity index (χ2v) is 4.75. The van der Waals surface area contributed by atoms with Crippen LogP contribution in [0, 0.1) is 5.92 Å². The molecule has 2 rings (SSSR count). The molecular formula is C12H19NO4. The van der Waals surface area contributed by atoms with Crippen molar-refractivity contribution in [3.63, 3.8) is 0 Å². The normalized spacial score (nSPS) is 26.4. The monoisotopic (exact) mass is 241 g/mol. The van der Waals surface area contributed by atoms with Crippen molar-refractivity contribution in [2.45, 2.75) is 44.3 Å². The van der Waals surface area contributed by atoms with Gasteiger partial charge < -0.3 is 14.8 Å². The van der Waals surface area contributed by atoms with E-state index in [0.29, 0.717) is 18.8 Å². The van der Waals surface area contributed by atoms with E-state index in [9.17, 15) is 9.59 Å². The Bertz CT molecular complexity index is 301. The Morgan fingerprint density at radius 1 is 1.41 bits per heavy atom. The van der Waals surface area contributed by atoms with E-state index in [2.05, 4.69) is 10.1 Å². The van der Waals surface area contributed by atoms with Crippen LogP contribution in [0.5, 0.6) is 0 Å². The first-order valence-corrected chi connectivity index (χ1v) is 6.20. The smallest absolute Gasteiger partial charge is 0.305 e. The van der Waals surface area contributed by atoms with Crippen LogP contribution in [0.25, 0.3) is 0 Å². The van der Waals surface area contributed by atoms with Crippen LogP contribution in [0.3, 0.4) is 0 Å². The number of carbonyl (C=O) groups excluding carboxylic acids is 2. The minimum atomic E-state index is -0.286. The molecule has 17 heavy (non-hydrogen) atoms. The van der Waals surface area contributed by atoms with Crippen LogP contribution in [0.4, 0.5) is 0 Å². The number of ether oxygens (including phenoxy) is 2. The molecule has 0 radical (unpaired) electrons. The Hall–Kier alpha value is -1.10. The highest BCUT2D eigenvalue weighted by Gasteiger charge is 2.44. The van der Waals surface area contributed by atoms with E-state index in [0.717, 1.165) is 13.0 Å². The Balaban J connectivity index is 1.53. The lowest BCUT2D eigenvalue weighted by Gasteiger charge is -2.00. The van der Waals surface area contributed by atoms with Crippen LogP contribution in [0.2, 0.25) is 0 Å². The van der Waals surface area contributed by atoms with E-state index in [1.54, 1.807) is 0 Å². The van der Waals surface area contributed by atoms with Gasteiger partial charge in [-0.3, -0.25) is 9.59 Å². The summed E-state index contributed by atoms with van der Waals surface area (Å²) in [6.07, 6.45) is 4.03. The number of hydrogen-bond donors (Lipinski definition) is 1. The van der Waals surface area contributed by atoms with Crippen molar-refractivity contribution in [3.8, 4) is 0 Å². The molecule has 1 N–H and O–H groups in total. The van der Waals surface area contributed by atoms with Gasteiger partial charge in [0.25, 0.3) is 5.91 Å². The number of epoxide rings is 1. The molecule has 2 aliphatic rings. The number of carbonyl (C=O) groups is 2. The van der Waals surface area contributed by atoms with Gasteiger partial charge >= 0.3 is 5.97 Å². The first-order valence-electron chi connectivity index (χ1n) is 6.20. The van der Waals surface area contributed by atoms with Crippen LogP contribution >= 0.6 is 0 Å². The predicted molar refractivity (Wildman–Crippen MR) is 60.3 cm³/mol. The van der Waals surface area contributed by atoms with Gasteiger partial charge in [0.15, 0.2) is 6.10 Å².